The summed E-state index contributed by atoms with van der Waals surface area (Å²) in [5.74, 6) is -0.966. The van der Waals surface area contributed by atoms with E-state index in [0.717, 1.165) is 32.4 Å². The van der Waals surface area contributed by atoms with Gasteiger partial charge in [0.25, 0.3) is 0 Å². The van der Waals surface area contributed by atoms with Crippen LogP contribution in [0.3, 0.4) is 0 Å². The lowest BCUT2D eigenvalue weighted by molar-refractivity contribution is -0.143. The van der Waals surface area contributed by atoms with Gasteiger partial charge in [-0.3, -0.25) is 4.79 Å². The summed E-state index contributed by atoms with van der Waals surface area (Å²) in [6.45, 7) is 1.40. The summed E-state index contributed by atoms with van der Waals surface area (Å²) in [6, 6.07) is -1.18. The summed E-state index contributed by atoms with van der Waals surface area (Å²) in [5.41, 5.74) is 0. The molecule has 0 aromatic heterocycles. The smallest absolute Gasteiger partial charge is 0.328 e. The number of rotatable bonds is 6. The van der Waals surface area contributed by atoms with Gasteiger partial charge in [-0.2, -0.15) is 0 Å². The summed E-state index contributed by atoms with van der Waals surface area (Å²) in [6.07, 6.45) is 3.24. The standard InChI is InChI=1S/C11H20N2O4/c14-7-9(11(16)17)13-10(15)2-1-8-3-5-12-6-4-8/h8-9,12,14H,1-7H2,(H,13,15)(H,16,17)/t9-/m0/s1. The lowest BCUT2D eigenvalue weighted by Gasteiger charge is -2.22. The number of carbonyl (C=O) groups is 2. The molecule has 17 heavy (non-hydrogen) atoms. The highest BCUT2D eigenvalue weighted by Gasteiger charge is 2.20. The van der Waals surface area contributed by atoms with Crippen molar-refractivity contribution in [2.75, 3.05) is 19.7 Å². The Morgan fingerprint density at radius 2 is 2.00 bits per heavy atom. The topological polar surface area (TPSA) is 98.7 Å². The van der Waals surface area contributed by atoms with Crippen molar-refractivity contribution in [1.29, 1.82) is 0 Å². The molecule has 1 aliphatic rings. The molecule has 1 rings (SSSR count). The van der Waals surface area contributed by atoms with E-state index in [9.17, 15) is 9.59 Å². The van der Waals surface area contributed by atoms with Crippen LogP contribution in [0.25, 0.3) is 0 Å². The van der Waals surface area contributed by atoms with Crippen LogP contribution >= 0.6 is 0 Å². The van der Waals surface area contributed by atoms with E-state index in [1.807, 2.05) is 0 Å². The van der Waals surface area contributed by atoms with Crippen LogP contribution in [0.2, 0.25) is 0 Å². The molecule has 1 aliphatic heterocycles. The maximum atomic E-state index is 11.5. The second-order valence-electron chi connectivity index (χ2n) is 4.37. The molecule has 98 valence electrons. The first-order chi connectivity index (χ1) is 8.13. The Hall–Kier alpha value is -1.14. The molecule has 0 bridgehead atoms. The SMILES string of the molecule is O=C(CCC1CCNCC1)N[C@@H](CO)C(=O)O. The maximum absolute atomic E-state index is 11.5. The van der Waals surface area contributed by atoms with E-state index in [0.29, 0.717) is 12.3 Å². The van der Waals surface area contributed by atoms with Crippen LogP contribution < -0.4 is 10.6 Å². The van der Waals surface area contributed by atoms with Gasteiger partial charge in [-0.15, -0.1) is 0 Å². The van der Waals surface area contributed by atoms with Crippen molar-refractivity contribution >= 4 is 11.9 Å². The van der Waals surface area contributed by atoms with E-state index in [1.54, 1.807) is 0 Å². The monoisotopic (exact) mass is 244 g/mol. The van der Waals surface area contributed by atoms with Crippen molar-refractivity contribution in [2.24, 2.45) is 5.92 Å². The first-order valence-corrected chi connectivity index (χ1v) is 5.97. The Morgan fingerprint density at radius 3 is 2.53 bits per heavy atom. The molecule has 0 aromatic rings. The molecule has 0 unspecified atom stereocenters. The molecule has 0 aliphatic carbocycles. The predicted molar refractivity (Wildman–Crippen MR) is 61.5 cm³/mol. The summed E-state index contributed by atoms with van der Waals surface area (Å²) in [7, 11) is 0. The molecular formula is C11H20N2O4. The highest BCUT2D eigenvalue weighted by atomic mass is 16.4. The van der Waals surface area contributed by atoms with Gasteiger partial charge in [0.15, 0.2) is 0 Å². The maximum Gasteiger partial charge on any atom is 0.328 e. The Bertz CT molecular complexity index is 264. The number of aliphatic hydroxyl groups excluding tert-OH is 1. The Labute approximate surface area is 100 Å². The van der Waals surface area contributed by atoms with Gasteiger partial charge in [-0.1, -0.05) is 0 Å². The van der Waals surface area contributed by atoms with Crippen molar-refractivity contribution < 1.29 is 19.8 Å². The number of amides is 1. The molecular weight excluding hydrogens is 224 g/mol. The van der Waals surface area contributed by atoms with Crippen LogP contribution in [0.15, 0.2) is 0 Å². The minimum atomic E-state index is -1.21. The van der Waals surface area contributed by atoms with E-state index >= 15 is 0 Å². The van der Waals surface area contributed by atoms with Crippen LogP contribution in [0, 0.1) is 5.92 Å². The van der Waals surface area contributed by atoms with Crippen molar-refractivity contribution in [2.45, 2.75) is 31.7 Å². The van der Waals surface area contributed by atoms with Crippen LogP contribution in [0.4, 0.5) is 0 Å². The van der Waals surface area contributed by atoms with E-state index in [4.69, 9.17) is 10.2 Å². The average molecular weight is 244 g/mol. The average Bonchev–Trinajstić information content (AvgIpc) is 2.34. The van der Waals surface area contributed by atoms with Gasteiger partial charge in [0.1, 0.15) is 6.04 Å². The molecule has 1 heterocycles. The van der Waals surface area contributed by atoms with Gasteiger partial charge in [0.05, 0.1) is 6.61 Å². The summed E-state index contributed by atoms with van der Waals surface area (Å²) < 4.78 is 0. The number of nitrogens with one attached hydrogen (secondary N) is 2. The fourth-order valence-corrected chi connectivity index (χ4v) is 1.96. The molecule has 1 saturated heterocycles. The fraction of sp³-hybridized carbons (Fsp3) is 0.818. The minimum Gasteiger partial charge on any atom is -0.480 e. The third kappa shape index (κ3) is 5.14. The summed E-state index contributed by atoms with van der Waals surface area (Å²) in [4.78, 5) is 22.0. The molecule has 0 saturated carbocycles. The minimum absolute atomic E-state index is 0.301. The zero-order valence-corrected chi connectivity index (χ0v) is 9.82. The third-order valence-electron chi connectivity index (χ3n) is 3.05. The number of hydrogen-bond acceptors (Lipinski definition) is 4. The van der Waals surface area contributed by atoms with Crippen molar-refractivity contribution in [3.05, 3.63) is 0 Å². The lowest BCUT2D eigenvalue weighted by Crippen LogP contribution is -2.43. The van der Waals surface area contributed by atoms with Gasteiger partial charge >= 0.3 is 5.97 Å². The molecule has 4 N–H and O–H groups in total. The molecule has 6 nitrogen and oxygen atoms in total. The molecule has 0 aromatic carbocycles. The van der Waals surface area contributed by atoms with Crippen LogP contribution in [0.5, 0.6) is 0 Å². The molecule has 0 spiro atoms. The first kappa shape index (κ1) is 13.9. The van der Waals surface area contributed by atoms with E-state index < -0.39 is 18.6 Å². The molecule has 0 radical (unpaired) electrons. The fourth-order valence-electron chi connectivity index (χ4n) is 1.96. The largest absolute Gasteiger partial charge is 0.480 e. The van der Waals surface area contributed by atoms with E-state index in [1.165, 1.54) is 0 Å². The van der Waals surface area contributed by atoms with Crippen LogP contribution in [-0.2, 0) is 9.59 Å². The number of aliphatic hydroxyl groups is 1. The second-order valence-corrected chi connectivity index (χ2v) is 4.37. The van der Waals surface area contributed by atoms with Crippen molar-refractivity contribution in [3.8, 4) is 0 Å². The molecule has 1 amide bonds. The number of hydrogen-bond donors (Lipinski definition) is 4. The quantitative estimate of drug-likeness (QED) is 0.496. The Kier molecular flexibility index (Phi) is 5.93. The number of carbonyl (C=O) groups excluding carboxylic acids is 1. The summed E-state index contributed by atoms with van der Waals surface area (Å²) >= 11 is 0. The number of piperidine rings is 1. The zero-order valence-electron chi connectivity index (χ0n) is 9.82. The number of carboxylic acids is 1. The molecule has 6 heteroatoms. The van der Waals surface area contributed by atoms with Gasteiger partial charge in [-0.05, 0) is 38.3 Å². The normalized spacial score (nSPS) is 18.6. The van der Waals surface area contributed by atoms with Crippen LogP contribution in [-0.4, -0.2) is 47.8 Å². The van der Waals surface area contributed by atoms with E-state index in [2.05, 4.69) is 10.6 Å². The summed E-state index contributed by atoms with van der Waals surface area (Å²) in [5, 5.41) is 23.0. The van der Waals surface area contributed by atoms with Gasteiger partial charge in [-0.25, -0.2) is 4.79 Å². The predicted octanol–water partition coefficient (Wildman–Crippen LogP) is -0.672. The zero-order chi connectivity index (χ0) is 12.7. The first-order valence-electron chi connectivity index (χ1n) is 5.97. The molecule has 1 atom stereocenters. The van der Waals surface area contributed by atoms with Gasteiger partial charge in [0, 0.05) is 6.42 Å². The van der Waals surface area contributed by atoms with Crippen LogP contribution in [0.1, 0.15) is 25.7 Å². The van der Waals surface area contributed by atoms with Crippen molar-refractivity contribution in [1.82, 2.24) is 10.6 Å². The lowest BCUT2D eigenvalue weighted by atomic mass is 9.93. The Balaban J connectivity index is 2.21. The second kappa shape index (κ2) is 7.24. The van der Waals surface area contributed by atoms with Gasteiger partial charge < -0.3 is 20.8 Å². The number of carboxylic acid groups (broad SMARTS) is 1. The highest BCUT2D eigenvalue weighted by Crippen LogP contribution is 2.17. The molecule has 1 fully saturated rings. The highest BCUT2D eigenvalue weighted by molar-refractivity contribution is 5.83. The number of aliphatic carboxylic acids is 1. The van der Waals surface area contributed by atoms with Gasteiger partial charge in [0.2, 0.25) is 5.91 Å². The Morgan fingerprint density at radius 1 is 1.35 bits per heavy atom. The third-order valence-corrected chi connectivity index (χ3v) is 3.05. The van der Waals surface area contributed by atoms with E-state index in [-0.39, 0.29) is 5.91 Å². The van der Waals surface area contributed by atoms with Crippen molar-refractivity contribution in [3.63, 3.8) is 0 Å².